The number of rotatable bonds is 3. The Kier molecular flexibility index (Phi) is 3.24. The second-order valence-corrected chi connectivity index (χ2v) is 5.95. The van der Waals surface area contributed by atoms with Crippen molar-refractivity contribution in [2.24, 2.45) is 11.1 Å². The van der Waals surface area contributed by atoms with E-state index >= 15 is 0 Å². The molecule has 19 heavy (non-hydrogen) atoms. The van der Waals surface area contributed by atoms with Crippen molar-refractivity contribution < 1.29 is 13.2 Å². The van der Waals surface area contributed by atoms with E-state index in [2.05, 4.69) is 19.2 Å². The fourth-order valence-electron chi connectivity index (χ4n) is 1.95. The largest absolute Gasteiger partial charge is 0.416 e. The SMILES string of the molecule is CC1(C)CC1Nc1ccc(C(F)(F)F)cc1C(N)=S. The van der Waals surface area contributed by atoms with E-state index in [9.17, 15) is 13.2 Å². The molecule has 1 aliphatic carbocycles. The third-order valence-corrected chi connectivity index (χ3v) is 3.68. The minimum atomic E-state index is -4.39. The summed E-state index contributed by atoms with van der Waals surface area (Å²) in [6.45, 7) is 4.18. The van der Waals surface area contributed by atoms with Crippen molar-refractivity contribution >= 4 is 22.9 Å². The van der Waals surface area contributed by atoms with Crippen LogP contribution in [0.3, 0.4) is 0 Å². The average molecular weight is 288 g/mol. The number of halogens is 3. The molecule has 0 amide bonds. The minimum Gasteiger partial charge on any atom is -0.389 e. The highest BCUT2D eigenvalue weighted by molar-refractivity contribution is 7.80. The molecule has 0 saturated heterocycles. The lowest BCUT2D eigenvalue weighted by molar-refractivity contribution is -0.137. The molecule has 0 aliphatic heterocycles. The zero-order valence-corrected chi connectivity index (χ0v) is 11.5. The number of anilines is 1. The van der Waals surface area contributed by atoms with Crippen molar-refractivity contribution in [2.45, 2.75) is 32.5 Å². The van der Waals surface area contributed by atoms with Gasteiger partial charge in [-0.1, -0.05) is 26.1 Å². The van der Waals surface area contributed by atoms with Crippen LogP contribution in [0.4, 0.5) is 18.9 Å². The molecule has 0 spiro atoms. The summed E-state index contributed by atoms with van der Waals surface area (Å²) >= 11 is 4.83. The smallest absolute Gasteiger partial charge is 0.389 e. The Hall–Kier alpha value is -1.30. The van der Waals surface area contributed by atoms with Gasteiger partial charge < -0.3 is 11.1 Å². The fourth-order valence-corrected chi connectivity index (χ4v) is 2.12. The quantitative estimate of drug-likeness (QED) is 0.835. The van der Waals surface area contributed by atoms with Crippen LogP contribution in [0, 0.1) is 5.41 Å². The molecule has 1 atom stereocenters. The molecular formula is C13H15F3N2S. The summed E-state index contributed by atoms with van der Waals surface area (Å²) < 4.78 is 38.0. The van der Waals surface area contributed by atoms with Crippen LogP contribution in [-0.2, 0) is 6.18 Å². The van der Waals surface area contributed by atoms with Crippen LogP contribution in [0.5, 0.6) is 0 Å². The molecular weight excluding hydrogens is 273 g/mol. The summed E-state index contributed by atoms with van der Waals surface area (Å²) in [6, 6.07) is 3.68. The Morgan fingerprint density at radius 2 is 2.00 bits per heavy atom. The Labute approximate surface area is 115 Å². The Bertz CT molecular complexity index is 523. The Morgan fingerprint density at radius 3 is 2.42 bits per heavy atom. The summed E-state index contributed by atoms with van der Waals surface area (Å²) in [5.74, 6) is 0. The molecule has 1 fully saturated rings. The van der Waals surface area contributed by atoms with E-state index in [0.717, 1.165) is 18.6 Å². The molecule has 1 aromatic rings. The number of hydrogen-bond acceptors (Lipinski definition) is 2. The third-order valence-electron chi connectivity index (χ3n) is 3.46. The van der Waals surface area contributed by atoms with E-state index in [1.54, 1.807) is 0 Å². The van der Waals surface area contributed by atoms with Gasteiger partial charge in [-0.25, -0.2) is 0 Å². The van der Waals surface area contributed by atoms with Crippen molar-refractivity contribution in [3.63, 3.8) is 0 Å². The zero-order valence-electron chi connectivity index (χ0n) is 10.6. The van der Waals surface area contributed by atoms with Crippen LogP contribution < -0.4 is 11.1 Å². The van der Waals surface area contributed by atoms with E-state index in [0.29, 0.717) is 5.69 Å². The Balaban J connectivity index is 2.31. The lowest BCUT2D eigenvalue weighted by Crippen LogP contribution is -2.17. The molecule has 0 bridgehead atoms. The van der Waals surface area contributed by atoms with Crippen LogP contribution in [0.25, 0.3) is 0 Å². The van der Waals surface area contributed by atoms with Gasteiger partial charge in [0.25, 0.3) is 0 Å². The highest BCUT2D eigenvalue weighted by Crippen LogP contribution is 2.47. The van der Waals surface area contributed by atoms with Gasteiger partial charge in [0.1, 0.15) is 4.99 Å². The van der Waals surface area contributed by atoms with E-state index in [1.165, 1.54) is 6.07 Å². The van der Waals surface area contributed by atoms with Gasteiger partial charge >= 0.3 is 6.18 Å². The van der Waals surface area contributed by atoms with Crippen LogP contribution in [0.15, 0.2) is 18.2 Å². The predicted octanol–water partition coefficient (Wildman–Crippen LogP) is 3.55. The molecule has 1 aliphatic rings. The van der Waals surface area contributed by atoms with Gasteiger partial charge in [0.15, 0.2) is 0 Å². The first-order valence-corrected chi connectivity index (χ1v) is 6.30. The molecule has 1 aromatic carbocycles. The Morgan fingerprint density at radius 1 is 1.42 bits per heavy atom. The maximum Gasteiger partial charge on any atom is 0.416 e. The van der Waals surface area contributed by atoms with Gasteiger partial charge in [-0.15, -0.1) is 0 Å². The van der Waals surface area contributed by atoms with Crippen LogP contribution in [0.1, 0.15) is 31.4 Å². The molecule has 2 rings (SSSR count). The van der Waals surface area contributed by atoms with Crippen LogP contribution in [0.2, 0.25) is 0 Å². The van der Waals surface area contributed by atoms with Gasteiger partial charge in [0.05, 0.1) is 5.56 Å². The monoisotopic (exact) mass is 288 g/mol. The summed E-state index contributed by atoms with van der Waals surface area (Å²) in [7, 11) is 0. The summed E-state index contributed by atoms with van der Waals surface area (Å²) in [5, 5.41) is 3.20. The number of nitrogens with two attached hydrogens (primary N) is 1. The van der Waals surface area contributed by atoms with E-state index in [4.69, 9.17) is 18.0 Å². The lowest BCUT2D eigenvalue weighted by Gasteiger charge is -2.15. The van der Waals surface area contributed by atoms with Crippen molar-refractivity contribution in [1.29, 1.82) is 0 Å². The van der Waals surface area contributed by atoms with Crippen molar-refractivity contribution in [3.05, 3.63) is 29.3 Å². The minimum absolute atomic E-state index is 0.0351. The summed E-state index contributed by atoms with van der Waals surface area (Å²) in [4.78, 5) is -0.0351. The number of benzene rings is 1. The van der Waals surface area contributed by atoms with Gasteiger partial charge in [0.2, 0.25) is 0 Å². The first-order valence-electron chi connectivity index (χ1n) is 5.89. The third kappa shape index (κ3) is 3.00. The topological polar surface area (TPSA) is 38.0 Å². The normalized spacial score (nSPS) is 21.0. The van der Waals surface area contributed by atoms with Gasteiger partial charge in [-0.3, -0.25) is 0 Å². The zero-order chi connectivity index (χ0) is 14.4. The molecule has 3 N–H and O–H groups in total. The van der Waals surface area contributed by atoms with E-state index < -0.39 is 11.7 Å². The summed E-state index contributed by atoms with van der Waals surface area (Å²) in [5.41, 5.74) is 5.75. The van der Waals surface area contributed by atoms with Crippen LogP contribution in [-0.4, -0.2) is 11.0 Å². The second kappa shape index (κ2) is 4.37. The summed E-state index contributed by atoms with van der Waals surface area (Å²) in [6.07, 6.45) is -3.41. The number of nitrogens with one attached hydrogen (secondary N) is 1. The molecule has 0 radical (unpaired) electrons. The number of alkyl halides is 3. The lowest BCUT2D eigenvalue weighted by atomic mass is 10.1. The standard InChI is InChI=1S/C13H15F3N2S/c1-12(2)6-10(12)18-9-4-3-7(13(14,15)16)5-8(9)11(17)19/h3-5,10,18H,6H2,1-2H3,(H2,17,19). The van der Waals surface area contributed by atoms with Gasteiger partial charge in [-0.05, 0) is 30.0 Å². The molecule has 104 valence electrons. The number of thiocarbonyl (C=S) groups is 1. The molecule has 6 heteroatoms. The highest BCUT2D eigenvalue weighted by atomic mass is 32.1. The van der Waals surface area contributed by atoms with Gasteiger partial charge in [-0.2, -0.15) is 13.2 Å². The van der Waals surface area contributed by atoms with Gasteiger partial charge in [0, 0.05) is 17.3 Å². The average Bonchev–Trinajstić information content (AvgIpc) is 2.84. The first-order chi connectivity index (χ1) is 8.61. The van der Waals surface area contributed by atoms with Crippen molar-refractivity contribution in [1.82, 2.24) is 0 Å². The second-order valence-electron chi connectivity index (χ2n) is 5.51. The number of hydrogen-bond donors (Lipinski definition) is 2. The molecule has 2 nitrogen and oxygen atoms in total. The first kappa shape index (κ1) is 14.1. The highest BCUT2D eigenvalue weighted by Gasteiger charge is 2.46. The van der Waals surface area contributed by atoms with E-state index in [1.807, 2.05) is 0 Å². The van der Waals surface area contributed by atoms with Crippen molar-refractivity contribution in [3.8, 4) is 0 Å². The molecule has 1 saturated carbocycles. The molecule has 0 aromatic heterocycles. The van der Waals surface area contributed by atoms with Crippen molar-refractivity contribution in [2.75, 3.05) is 5.32 Å². The molecule has 0 heterocycles. The maximum absolute atomic E-state index is 12.7. The van der Waals surface area contributed by atoms with E-state index in [-0.39, 0.29) is 22.0 Å². The fraction of sp³-hybridized carbons (Fsp3) is 0.462. The molecule has 1 unspecified atom stereocenters. The maximum atomic E-state index is 12.7. The van der Waals surface area contributed by atoms with Crippen LogP contribution >= 0.6 is 12.2 Å². The predicted molar refractivity (Wildman–Crippen MR) is 73.1 cm³/mol.